The second kappa shape index (κ2) is 5.60. The normalized spacial score (nSPS) is 25.4. The van der Waals surface area contributed by atoms with E-state index in [0.717, 1.165) is 24.9 Å². The molecule has 1 aliphatic carbocycles. The van der Waals surface area contributed by atoms with Gasteiger partial charge in [-0.25, -0.2) is 0 Å². The zero-order valence-electron chi connectivity index (χ0n) is 9.65. The van der Waals surface area contributed by atoms with Crippen LogP contribution < -0.4 is 5.32 Å². The van der Waals surface area contributed by atoms with Gasteiger partial charge in [-0.3, -0.25) is 0 Å². The molecule has 88 valence electrons. The van der Waals surface area contributed by atoms with Crippen molar-refractivity contribution < 1.29 is 5.11 Å². The standard InChI is InChI=1S/C13H19NOS/c1-16-11-8-6-10(7-9-11)14-12-4-2-3-5-13(12)15/h6-9,12-15H,2-5H2,1H3/t12-,13-/m1/s1. The predicted molar refractivity (Wildman–Crippen MR) is 70.1 cm³/mol. The van der Waals surface area contributed by atoms with E-state index in [9.17, 15) is 5.11 Å². The first-order valence-corrected chi connectivity index (χ1v) is 7.11. The summed E-state index contributed by atoms with van der Waals surface area (Å²) in [6.45, 7) is 0. The number of anilines is 1. The lowest BCUT2D eigenvalue weighted by atomic mass is 9.92. The summed E-state index contributed by atoms with van der Waals surface area (Å²) in [6.07, 6.45) is 6.27. The van der Waals surface area contributed by atoms with E-state index in [-0.39, 0.29) is 12.1 Å². The van der Waals surface area contributed by atoms with Crippen LogP contribution in [-0.4, -0.2) is 23.5 Å². The highest BCUT2D eigenvalue weighted by atomic mass is 32.2. The zero-order chi connectivity index (χ0) is 11.4. The van der Waals surface area contributed by atoms with Crippen LogP contribution in [0.25, 0.3) is 0 Å². The third-order valence-electron chi connectivity index (χ3n) is 3.17. The van der Waals surface area contributed by atoms with Crippen LogP contribution in [0, 0.1) is 0 Å². The lowest BCUT2D eigenvalue weighted by Crippen LogP contribution is -2.36. The number of hydrogen-bond donors (Lipinski definition) is 2. The number of aliphatic hydroxyl groups is 1. The molecule has 16 heavy (non-hydrogen) atoms. The highest BCUT2D eigenvalue weighted by molar-refractivity contribution is 7.98. The Morgan fingerprint density at radius 3 is 2.50 bits per heavy atom. The van der Waals surface area contributed by atoms with Gasteiger partial charge in [0.1, 0.15) is 0 Å². The molecule has 3 heteroatoms. The molecule has 0 heterocycles. The predicted octanol–water partition coefficient (Wildman–Crippen LogP) is 3.12. The molecule has 1 aliphatic rings. The van der Waals surface area contributed by atoms with Crippen LogP contribution in [0.5, 0.6) is 0 Å². The molecule has 0 aromatic heterocycles. The van der Waals surface area contributed by atoms with Crippen LogP contribution in [0.3, 0.4) is 0 Å². The summed E-state index contributed by atoms with van der Waals surface area (Å²) in [5.41, 5.74) is 1.11. The van der Waals surface area contributed by atoms with Gasteiger partial charge < -0.3 is 10.4 Å². The number of rotatable bonds is 3. The summed E-state index contributed by atoms with van der Waals surface area (Å²) in [4.78, 5) is 1.27. The van der Waals surface area contributed by atoms with Crippen molar-refractivity contribution in [3.63, 3.8) is 0 Å². The third-order valence-corrected chi connectivity index (χ3v) is 3.92. The van der Waals surface area contributed by atoms with Gasteiger partial charge in [-0.05, 0) is 43.4 Å². The summed E-state index contributed by atoms with van der Waals surface area (Å²) >= 11 is 1.75. The average Bonchev–Trinajstić information content (AvgIpc) is 2.33. The molecule has 2 nitrogen and oxygen atoms in total. The molecule has 0 radical (unpaired) electrons. The van der Waals surface area contributed by atoms with E-state index in [1.165, 1.54) is 11.3 Å². The lowest BCUT2D eigenvalue weighted by molar-refractivity contribution is 0.116. The Morgan fingerprint density at radius 2 is 1.88 bits per heavy atom. The van der Waals surface area contributed by atoms with Crippen molar-refractivity contribution in [2.24, 2.45) is 0 Å². The molecule has 1 fully saturated rings. The molecule has 2 atom stereocenters. The Hall–Kier alpha value is -0.670. The molecule has 1 aromatic rings. The van der Waals surface area contributed by atoms with Crippen LogP contribution in [0.15, 0.2) is 29.2 Å². The van der Waals surface area contributed by atoms with Crippen LogP contribution in [0.4, 0.5) is 5.69 Å². The fourth-order valence-corrected chi connectivity index (χ4v) is 2.59. The Labute approximate surface area is 101 Å². The second-order valence-corrected chi connectivity index (χ2v) is 5.21. The highest BCUT2D eigenvalue weighted by Gasteiger charge is 2.22. The van der Waals surface area contributed by atoms with Gasteiger partial charge in [-0.2, -0.15) is 0 Å². The number of benzene rings is 1. The van der Waals surface area contributed by atoms with Gasteiger partial charge in [-0.15, -0.1) is 11.8 Å². The lowest BCUT2D eigenvalue weighted by Gasteiger charge is -2.29. The summed E-state index contributed by atoms with van der Waals surface area (Å²) in [5.74, 6) is 0. The molecule has 0 aliphatic heterocycles. The van der Waals surface area contributed by atoms with Crippen molar-refractivity contribution in [3.05, 3.63) is 24.3 Å². The monoisotopic (exact) mass is 237 g/mol. The van der Waals surface area contributed by atoms with Crippen molar-refractivity contribution in [3.8, 4) is 0 Å². The molecule has 2 rings (SSSR count). The quantitative estimate of drug-likeness (QED) is 0.792. The number of thioether (sulfide) groups is 1. The van der Waals surface area contributed by atoms with Crippen molar-refractivity contribution in [1.82, 2.24) is 0 Å². The van der Waals surface area contributed by atoms with Gasteiger partial charge in [0.2, 0.25) is 0 Å². The summed E-state index contributed by atoms with van der Waals surface area (Å²) < 4.78 is 0. The largest absolute Gasteiger partial charge is 0.391 e. The number of nitrogens with one attached hydrogen (secondary N) is 1. The van der Waals surface area contributed by atoms with E-state index in [4.69, 9.17) is 0 Å². The Bertz CT molecular complexity index is 325. The number of hydrogen-bond acceptors (Lipinski definition) is 3. The first-order valence-electron chi connectivity index (χ1n) is 5.88. The Kier molecular flexibility index (Phi) is 4.13. The zero-order valence-corrected chi connectivity index (χ0v) is 10.5. The summed E-state index contributed by atoms with van der Waals surface area (Å²) in [7, 11) is 0. The highest BCUT2D eigenvalue weighted by Crippen LogP contribution is 2.23. The fourth-order valence-electron chi connectivity index (χ4n) is 2.18. The van der Waals surface area contributed by atoms with E-state index in [2.05, 4.69) is 35.8 Å². The number of aliphatic hydroxyl groups excluding tert-OH is 1. The van der Waals surface area contributed by atoms with E-state index >= 15 is 0 Å². The van der Waals surface area contributed by atoms with Gasteiger partial charge in [-0.1, -0.05) is 12.8 Å². The molecule has 2 N–H and O–H groups in total. The van der Waals surface area contributed by atoms with Crippen molar-refractivity contribution >= 4 is 17.4 Å². The average molecular weight is 237 g/mol. The minimum absolute atomic E-state index is 0.186. The third kappa shape index (κ3) is 2.92. The minimum Gasteiger partial charge on any atom is -0.391 e. The maximum absolute atomic E-state index is 9.86. The van der Waals surface area contributed by atoms with E-state index in [1.807, 2.05) is 0 Å². The second-order valence-electron chi connectivity index (χ2n) is 4.33. The van der Waals surface area contributed by atoms with Crippen LogP contribution in [0.2, 0.25) is 0 Å². The van der Waals surface area contributed by atoms with Gasteiger partial charge in [0.15, 0.2) is 0 Å². The van der Waals surface area contributed by atoms with E-state index in [1.54, 1.807) is 11.8 Å². The SMILES string of the molecule is CSc1ccc(N[C@@H]2CCCC[C@H]2O)cc1. The van der Waals surface area contributed by atoms with Gasteiger partial charge in [0, 0.05) is 10.6 Å². The smallest absolute Gasteiger partial charge is 0.0741 e. The minimum atomic E-state index is -0.186. The van der Waals surface area contributed by atoms with Crippen molar-refractivity contribution in [2.75, 3.05) is 11.6 Å². The van der Waals surface area contributed by atoms with Gasteiger partial charge in [0.25, 0.3) is 0 Å². The molecule has 1 aromatic carbocycles. The van der Waals surface area contributed by atoms with Gasteiger partial charge >= 0.3 is 0 Å². The molecular formula is C13H19NOS. The molecular weight excluding hydrogens is 218 g/mol. The summed E-state index contributed by atoms with van der Waals surface area (Å²) in [5, 5.41) is 13.3. The molecule has 0 spiro atoms. The molecule has 0 unspecified atom stereocenters. The van der Waals surface area contributed by atoms with Crippen molar-refractivity contribution in [2.45, 2.75) is 42.7 Å². The van der Waals surface area contributed by atoms with E-state index < -0.39 is 0 Å². The summed E-state index contributed by atoms with van der Waals surface area (Å²) in [6, 6.07) is 8.64. The molecule has 0 saturated heterocycles. The van der Waals surface area contributed by atoms with Crippen LogP contribution in [0.1, 0.15) is 25.7 Å². The fraction of sp³-hybridized carbons (Fsp3) is 0.538. The Balaban J connectivity index is 1.96. The topological polar surface area (TPSA) is 32.3 Å². The molecule has 0 amide bonds. The molecule has 1 saturated carbocycles. The maximum atomic E-state index is 9.86. The van der Waals surface area contributed by atoms with Crippen molar-refractivity contribution in [1.29, 1.82) is 0 Å². The van der Waals surface area contributed by atoms with E-state index in [0.29, 0.717) is 0 Å². The van der Waals surface area contributed by atoms with Gasteiger partial charge in [0.05, 0.1) is 12.1 Å². The first kappa shape index (κ1) is 11.8. The molecule has 0 bridgehead atoms. The van der Waals surface area contributed by atoms with Crippen LogP contribution >= 0.6 is 11.8 Å². The first-order chi connectivity index (χ1) is 7.79. The maximum Gasteiger partial charge on any atom is 0.0741 e. The van der Waals surface area contributed by atoms with Crippen LogP contribution in [-0.2, 0) is 0 Å². The Morgan fingerprint density at radius 1 is 1.19 bits per heavy atom.